The van der Waals surface area contributed by atoms with E-state index >= 15 is 0 Å². The monoisotopic (exact) mass is 1430 g/mol. The number of carbonyl (C=O) groups is 9. The molecule has 2 aliphatic rings. The fraction of sp³-hybridized carbons (Fsp3) is 0.839. The van der Waals surface area contributed by atoms with Crippen LogP contribution < -0.4 is 49.1 Å². The molecule has 0 spiro atoms. The normalized spacial score (nSPS) is 16.5. The first-order valence-electron chi connectivity index (χ1n) is 35.1. The van der Waals surface area contributed by atoms with Gasteiger partial charge < -0.3 is 80.4 Å². The molecule has 2 heterocycles. The summed E-state index contributed by atoms with van der Waals surface area (Å²) in [4.78, 5) is 121. The summed E-state index contributed by atoms with van der Waals surface area (Å²) in [7, 11) is -5.28. The summed E-state index contributed by atoms with van der Waals surface area (Å²) in [5, 5.41) is 24.8. The minimum Gasteiger partial charge on any atom is -0.428 e. The highest BCUT2D eigenvalue weighted by Gasteiger charge is 2.40. The molecule has 0 aromatic carbocycles. The van der Waals surface area contributed by atoms with Gasteiger partial charge >= 0.3 is 23.6 Å². The van der Waals surface area contributed by atoms with E-state index < -0.39 is 23.5 Å². The van der Waals surface area contributed by atoms with Crippen LogP contribution in [0, 0.1) is 11.5 Å². The van der Waals surface area contributed by atoms with Crippen LogP contribution >= 0.6 is 0 Å². The highest BCUT2D eigenvalue weighted by atomic mass is 28.4. The average Bonchev–Trinajstić information content (AvgIpc) is 1.00. The molecule has 98 heavy (non-hydrogen) atoms. The van der Waals surface area contributed by atoms with E-state index in [4.69, 9.17) is 49.0 Å². The number of Topliss-reactive ketones (excluding diaryl/α,β-unsaturated/α-hetero) is 2. The van der Waals surface area contributed by atoms with Crippen LogP contribution in [0.1, 0.15) is 106 Å². The zero-order valence-corrected chi connectivity index (χ0v) is 62.1. The van der Waals surface area contributed by atoms with Gasteiger partial charge in [0.25, 0.3) is 6.26 Å². The molecule has 0 aliphatic carbocycles. The van der Waals surface area contributed by atoms with Gasteiger partial charge in [0.1, 0.15) is 18.2 Å². The van der Waals surface area contributed by atoms with Crippen molar-refractivity contribution >= 4 is 72.7 Å². The lowest BCUT2D eigenvalue weighted by atomic mass is 10.2. The lowest BCUT2D eigenvalue weighted by Gasteiger charge is -2.31. The third-order valence-electron chi connectivity index (χ3n) is 15.4. The summed E-state index contributed by atoms with van der Waals surface area (Å²) in [6.45, 7) is 30.0. The molecule has 8 amide bonds. The minimum atomic E-state index is -2.74. The number of nitrogens with two attached hydrogens (primary N) is 3. The molecule has 2 rings (SSSR count). The van der Waals surface area contributed by atoms with Crippen LogP contribution in [0.3, 0.4) is 0 Å². The maximum Gasteiger partial charge on any atom is 0.501 e. The Morgan fingerprint density at radius 1 is 0.418 bits per heavy atom. The van der Waals surface area contributed by atoms with Crippen LogP contribution in [0.2, 0.25) is 12.1 Å². The van der Waals surface area contributed by atoms with Gasteiger partial charge in [0.05, 0.1) is 52.9 Å². The first kappa shape index (κ1) is 92.6. The number of primary amides is 2. The predicted octanol–water partition coefficient (Wildman–Crippen LogP) is -1.92. The van der Waals surface area contributed by atoms with Gasteiger partial charge in [-0.1, -0.05) is 0 Å². The van der Waals surface area contributed by atoms with E-state index in [2.05, 4.69) is 66.0 Å². The van der Waals surface area contributed by atoms with Crippen molar-refractivity contribution in [2.45, 2.75) is 118 Å². The number of hydrogen-bond donors (Lipinski definition) is 9. The summed E-state index contributed by atoms with van der Waals surface area (Å²) < 4.78 is 39.1. The number of ether oxygens (including phenoxy) is 1. The van der Waals surface area contributed by atoms with Crippen molar-refractivity contribution in [3.05, 3.63) is 0 Å². The Morgan fingerprint density at radius 2 is 0.704 bits per heavy atom. The van der Waals surface area contributed by atoms with Gasteiger partial charge in [-0.25, -0.2) is 4.79 Å². The topological polar surface area (TPSA) is 418 Å². The average molecular weight is 1440 g/mol. The summed E-state index contributed by atoms with van der Waals surface area (Å²) in [6.07, 6.45) is 10.9. The molecule has 2 saturated heterocycles. The molecule has 12 N–H and O–H groups in total. The van der Waals surface area contributed by atoms with Gasteiger partial charge in [-0.3, -0.25) is 77.6 Å². The van der Waals surface area contributed by atoms with E-state index in [1.807, 2.05) is 51.3 Å². The molecular weight excluding hydrogens is 1310 g/mol. The number of rotatable bonds is 47. The maximum atomic E-state index is 13.0. The van der Waals surface area contributed by atoms with Gasteiger partial charge in [-0.2, -0.15) is 5.26 Å². The molecule has 0 atom stereocenters. The molecule has 0 aromatic rings. The summed E-state index contributed by atoms with van der Waals surface area (Å²) in [6, 6.07) is 1.01. The molecule has 0 bridgehead atoms. The standard InChI is InChI=1S/C31H63N9O8Si.C21H42N8O4.C10H21NO4Si/c1-4-46-49(47-5-2,48-6-3)22-8-13-36-31(45)35-12-7-11-29(43)23-37-14-9-16-39(25-33-27-41)20-21-40(26-34-28-42)17-10-15-38(19-18-37)24-30(32)44;22-5-1-4-20(32)14-26-6-2-8-28(16-24-18-30)12-13-29(17-25-19-31)9-3-7-27(11-10-26)15-21(23)33;1-4-13-16(14-5-2,15-6-3)9-7-8-12-10-11/h27-28H,4-26H2,1-3H3,(H2,32,44)(H,33,41)(H,34,42)(H2,35,36,45);18-19H,1-17,22H2,(H2,23,33)(H,24,30)(H,25,31);4-9H2,1-3H3. The summed E-state index contributed by atoms with van der Waals surface area (Å²) in [5.74, 6) is -0.540. The van der Waals surface area contributed by atoms with Crippen LogP contribution in [0.25, 0.3) is 0 Å². The molecule has 2 aliphatic heterocycles. The van der Waals surface area contributed by atoms with Crippen molar-refractivity contribution in [1.29, 1.82) is 5.26 Å². The van der Waals surface area contributed by atoms with Gasteiger partial charge in [0, 0.05) is 156 Å². The van der Waals surface area contributed by atoms with Gasteiger partial charge in [-0.05, 0) is 126 Å². The van der Waals surface area contributed by atoms with Crippen molar-refractivity contribution < 1.29 is 74.4 Å². The number of ketones is 2. The summed E-state index contributed by atoms with van der Waals surface area (Å²) in [5.41, 5.74) is 16.5. The second kappa shape index (κ2) is 62.6. The zero-order chi connectivity index (χ0) is 72.8. The Bertz CT molecular complexity index is 2110. The fourth-order valence-electron chi connectivity index (χ4n) is 10.9. The number of nitrogens with one attached hydrogen (secondary N) is 6. The van der Waals surface area contributed by atoms with Crippen molar-refractivity contribution in [2.75, 3.05) is 223 Å². The maximum absolute atomic E-state index is 13.0. The Labute approximate surface area is 586 Å². The second-order valence-electron chi connectivity index (χ2n) is 23.2. The quantitative estimate of drug-likeness (QED) is 0.0139. The minimum absolute atomic E-state index is 0.0756. The number of nitriles is 1. The van der Waals surface area contributed by atoms with Gasteiger partial charge in [0.2, 0.25) is 37.5 Å². The first-order valence-corrected chi connectivity index (χ1v) is 38.9. The van der Waals surface area contributed by atoms with E-state index in [1.54, 1.807) is 6.26 Å². The van der Waals surface area contributed by atoms with Gasteiger partial charge in [-0.15, -0.1) is 0 Å². The smallest absolute Gasteiger partial charge is 0.428 e. The van der Waals surface area contributed by atoms with E-state index in [0.717, 1.165) is 58.4 Å². The molecule has 0 radical (unpaired) electrons. The van der Waals surface area contributed by atoms with Crippen molar-refractivity contribution in [3.63, 3.8) is 0 Å². The molecular formula is C62H126N18O16Si2. The highest BCUT2D eigenvalue weighted by Crippen LogP contribution is 2.19. The van der Waals surface area contributed by atoms with E-state index in [-0.39, 0.29) is 43.1 Å². The number of carbonyl (C=O) groups excluding carboxylic acids is 9. The Morgan fingerprint density at radius 3 is 1.00 bits per heavy atom. The molecule has 34 nitrogen and oxygen atoms in total. The van der Waals surface area contributed by atoms with Gasteiger partial charge in [0.15, 0.2) is 0 Å². The summed E-state index contributed by atoms with van der Waals surface area (Å²) >= 11 is 0. The zero-order valence-electron chi connectivity index (χ0n) is 60.1. The molecule has 0 aromatic heterocycles. The highest BCUT2D eigenvalue weighted by molar-refractivity contribution is 6.61. The molecule has 0 saturated carbocycles. The number of hydrogen-bond acceptors (Lipinski definition) is 26. The van der Waals surface area contributed by atoms with E-state index in [9.17, 15) is 43.2 Å². The lowest BCUT2D eigenvalue weighted by molar-refractivity contribution is -0.121. The van der Waals surface area contributed by atoms with Crippen LogP contribution in [-0.2, 0) is 69.6 Å². The number of urea groups is 1. The van der Waals surface area contributed by atoms with E-state index in [0.29, 0.717) is 247 Å². The first-order chi connectivity index (χ1) is 47.4. The largest absolute Gasteiger partial charge is 0.501 e. The molecule has 36 heteroatoms. The number of nitrogens with zero attached hydrogens (tertiary/aromatic N) is 9. The van der Waals surface area contributed by atoms with Crippen molar-refractivity contribution in [1.82, 2.24) is 71.1 Å². The Kier molecular flexibility index (Phi) is 59.1. The molecule has 2 fully saturated rings. The third kappa shape index (κ3) is 50.0. The Hall–Kier alpha value is -5.45. The second-order valence-corrected chi connectivity index (χ2v) is 28.7. The van der Waals surface area contributed by atoms with E-state index in [1.165, 1.54) is 0 Å². The SMILES string of the molecule is CCO[Si](CCCNC(=O)NCCCC(=O)CN1CCCN(CNC=O)CCN(CNC=O)CCCN(CC(N)=O)CC1)(OCC)OCC.CCO[Si](CCCOC#N)(OCC)OCC.NCCCC(=O)CN1CCCN(CNC=O)CCN(CNC=O)CCCN(CC(N)=O)CC1. The lowest BCUT2D eigenvalue weighted by Crippen LogP contribution is -2.46. The third-order valence-corrected chi connectivity index (χ3v) is 21.7. The van der Waals surface area contributed by atoms with Crippen molar-refractivity contribution in [2.24, 2.45) is 17.2 Å². The van der Waals surface area contributed by atoms with Crippen molar-refractivity contribution in [3.8, 4) is 6.26 Å². The van der Waals surface area contributed by atoms with Crippen LogP contribution in [-0.4, -0.2) is 335 Å². The number of amides is 8. The Balaban J connectivity index is 0.00000164. The van der Waals surface area contributed by atoms with Crippen LogP contribution in [0.5, 0.6) is 0 Å². The molecule has 0 unspecified atom stereocenters. The van der Waals surface area contributed by atoms with Crippen LogP contribution in [0.4, 0.5) is 4.79 Å². The molecule has 568 valence electrons. The fourth-order valence-corrected chi connectivity index (χ4v) is 16.1. The predicted molar refractivity (Wildman–Crippen MR) is 376 cm³/mol. The van der Waals surface area contributed by atoms with Crippen LogP contribution in [0.15, 0.2) is 0 Å².